The van der Waals surface area contributed by atoms with Crippen LogP contribution in [0.15, 0.2) is 12.1 Å². The number of anilines is 1. The lowest BCUT2D eigenvalue weighted by Crippen LogP contribution is -2.34. The van der Waals surface area contributed by atoms with Crippen LogP contribution in [0, 0.1) is 11.3 Å². The van der Waals surface area contributed by atoms with Crippen molar-refractivity contribution < 1.29 is 19.1 Å². The maximum atomic E-state index is 12.8. The van der Waals surface area contributed by atoms with Crippen LogP contribution >= 0.6 is 0 Å². The second kappa shape index (κ2) is 9.78. The lowest BCUT2D eigenvalue weighted by Gasteiger charge is -2.23. The number of rotatable bonds is 7. The van der Waals surface area contributed by atoms with Gasteiger partial charge in [0, 0.05) is 18.0 Å². The van der Waals surface area contributed by atoms with E-state index in [0.29, 0.717) is 35.2 Å². The largest absolute Gasteiger partial charge is 0.493 e. The van der Waals surface area contributed by atoms with Gasteiger partial charge in [-0.2, -0.15) is 0 Å². The molecule has 0 saturated carbocycles. The van der Waals surface area contributed by atoms with Crippen LogP contribution in [0.25, 0.3) is 0 Å². The van der Waals surface area contributed by atoms with Crippen LogP contribution in [0.3, 0.4) is 0 Å². The summed E-state index contributed by atoms with van der Waals surface area (Å²) < 4.78 is 10.7. The summed E-state index contributed by atoms with van der Waals surface area (Å²) in [7, 11) is 3.04. The lowest BCUT2D eigenvalue weighted by molar-refractivity contribution is -0.123. The van der Waals surface area contributed by atoms with Crippen molar-refractivity contribution in [1.82, 2.24) is 10.6 Å². The zero-order chi connectivity index (χ0) is 20.7. The van der Waals surface area contributed by atoms with Crippen LogP contribution in [-0.4, -0.2) is 45.7 Å². The summed E-state index contributed by atoms with van der Waals surface area (Å²) in [4.78, 5) is 25.3. The molecule has 1 aromatic rings. The molecule has 1 saturated heterocycles. The van der Waals surface area contributed by atoms with Gasteiger partial charge in [-0.3, -0.25) is 9.59 Å². The molecule has 2 rings (SSSR count). The minimum atomic E-state index is -0.588. The van der Waals surface area contributed by atoms with Crippen molar-refractivity contribution in [3.8, 4) is 11.5 Å². The highest BCUT2D eigenvalue weighted by Crippen LogP contribution is 2.34. The van der Waals surface area contributed by atoms with Crippen LogP contribution in [0.2, 0.25) is 0 Å². The molecule has 0 radical (unpaired) electrons. The first-order valence-corrected chi connectivity index (χ1v) is 9.82. The van der Waals surface area contributed by atoms with E-state index in [-0.39, 0.29) is 11.8 Å². The van der Waals surface area contributed by atoms with E-state index >= 15 is 0 Å². The highest BCUT2D eigenvalue weighted by Gasteiger charge is 2.25. The average Bonchev–Trinajstić information content (AvgIpc) is 2.67. The van der Waals surface area contributed by atoms with Gasteiger partial charge in [0.1, 0.15) is 0 Å². The van der Waals surface area contributed by atoms with Crippen molar-refractivity contribution in [2.45, 2.75) is 40.0 Å². The number of carbonyl (C=O) groups is 2. The SMILES string of the molecule is COc1cc(NC(=O)C(C)(C)C)c(C(=O)NCCC2CCCNC2)cc1OC. The third-order valence-corrected chi connectivity index (χ3v) is 4.93. The van der Waals surface area contributed by atoms with Gasteiger partial charge in [-0.05, 0) is 44.3 Å². The number of nitrogens with one attached hydrogen (secondary N) is 3. The summed E-state index contributed by atoms with van der Waals surface area (Å²) in [5.74, 6) is 1.06. The molecule has 156 valence electrons. The highest BCUT2D eigenvalue weighted by atomic mass is 16.5. The van der Waals surface area contributed by atoms with E-state index < -0.39 is 5.41 Å². The average molecular weight is 392 g/mol. The van der Waals surface area contributed by atoms with Gasteiger partial charge in [-0.15, -0.1) is 0 Å². The predicted octanol–water partition coefficient (Wildman–Crippen LogP) is 2.81. The topological polar surface area (TPSA) is 88.7 Å². The number of ether oxygens (including phenoxy) is 2. The Labute approximate surface area is 167 Å². The Morgan fingerprint density at radius 3 is 2.43 bits per heavy atom. The fourth-order valence-electron chi connectivity index (χ4n) is 3.14. The van der Waals surface area contributed by atoms with Crippen LogP contribution in [-0.2, 0) is 4.79 Å². The smallest absolute Gasteiger partial charge is 0.253 e. The minimum absolute atomic E-state index is 0.179. The van der Waals surface area contributed by atoms with Gasteiger partial charge >= 0.3 is 0 Å². The molecule has 1 unspecified atom stereocenters. The predicted molar refractivity (Wildman–Crippen MR) is 110 cm³/mol. The number of carbonyl (C=O) groups excluding carboxylic acids is 2. The molecule has 1 aromatic carbocycles. The van der Waals surface area contributed by atoms with E-state index in [0.717, 1.165) is 19.5 Å². The van der Waals surface area contributed by atoms with Crippen molar-refractivity contribution in [2.24, 2.45) is 11.3 Å². The van der Waals surface area contributed by atoms with Gasteiger partial charge < -0.3 is 25.4 Å². The monoisotopic (exact) mass is 391 g/mol. The molecule has 2 amide bonds. The number of methoxy groups -OCH3 is 2. The zero-order valence-electron chi connectivity index (χ0n) is 17.6. The van der Waals surface area contributed by atoms with Gasteiger partial charge in [-0.25, -0.2) is 0 Å². The number of piperidine rings is 1. The van der Waals surface area contributed by atoms with E-state index in [1.165, 1.54) is 27.1 Å². The molecular weight excluding hydrogens is 358 g/mol. The van der Waals surface area contributed by atoms with Gasteiger partial charge in [0.2, 0.25) is 5.91 Å². The number of hydrogen-bond donors (Lipinski definition) is 3. The number of hydrogen-bond acceptors (Lipinski definition) is 5. The van der Waals surface area contributed by atoms with Gasteiger partial charge in [-0.1, -0.05) is 20.8 Å². The van der Waals surface area contributed by atoms with Gasteiger partial charge in [0.15, 0.2) is 11.5 Å². The number of amides is 2. The minimum Gasteiger partial charge on any atom is -0.493 e. The van der Waals surface area contributed by atoms with Crippen LogP contribution in [0.1, 0.15) is 50.4 Å². The van der Waals surface area contributed by atoms with Crippen molar-refractivity contribution >= 4 is 17.5 Å². The molecule has 0 aromatic heterocycles. The van der Waals surface area contributed by atoms with Crippen molar-refractivity contribution in [1.29, 1.82) is 0 Å². The Balaban J connectivity index is 2.16. The highest BCUT2D eigenvalue weighted by molar-refractivity contribution is 6.05. The Hall–Kier alpha value is -2.28. The van der Waals surface area contributed by atoms with E-state index in [4.69, 9.17) is 9.47 Å². The van der Waals surface area contributed by atoms with E-state index in [1.54, 1.807) is 12.1 Å². The summed E-state index contributed by atoms with van der Waals surface area (Å²) in [5, 5.41) is 9.21. The first-order chi connectivity index (χ1) is 13.3. The fourth-order valence-corrected chi connectivity index (χ4v) is 3.14. The third-order valence-electron chi connectivity index (χ3n) is 4.93. The molecule has 0 spiro atoms. The normalized spacial score (nSPS) is 17.0. The molecule has 28 heavy (non-hydrogen) atoms. The molecule has 1 atom stereocenters. The lowest BCUT2D eigenvalue weighted by atomic mass is 9.95. The first kappa shape index (κ1) is 22.0. The van der Waals surface area contributed by atoms with Crippen molar-refractivity contribution in [3.63, 3.8) is 0 Å². The molecular formula is C21H33N3O4. The zero-order valence-corrected chi connectivity index (χ0v) is 17.6. The van der Waals surface area contributed by atoms with Crippen molar-refractivity contribution in [2.75, 3.05) is 39.2 Å². The molecule has 0 aliphatic carbocycles. The second-order valence-electron chi connectivity index (χ2n) is 8.21. The summed E-state index contributed by atoms with van der Waals surface area (Å²) in [6.45, 7) is 8.12. The first-order valence-electron chi connectivity index (χ1n) is 9.82. The van der Waals surface area contributed by atoms with Gasteiger partial charge in [0.25, 0.3) is 5.91 Å². The molecule has 1 aliphatic heterocycles. The third kappa shape index (κ3) is 5.86. The molecule has 1 aliphatic rings. The molecule has 7 nitrogen and oxygen atoms in total. The quantitative estimate of drug-likeness (QED) is 0.665. The fraction of sp³-hybridized carbons (Fsp3) is 0.619. The van der Waals surface area contributed by atoms with E-state index in [2.05, 4.69) is 16.0 Å². The van der Waals surface area contributed by atoms with E-state index in [1.807, 2.05) is 20.8 Å². The van der Waals surface area contributed by atoms with Crippen LogP contribution in [0.5, 0.6) is 11.5 Å². The van der Waals surface area contributed by atoms with Crippen LogP contribution in [0.4, 0.5) is 5.69 Å². The molecule has 1 heterocycles. The van der Waals surface area contributed by atoms with Gasteiger partial charge in [0.05, 0.1) is 25.5 Å². The Morgan fingerprint density at radius 1 is 1.18 bits per heavy atom. The molecule has 1 fully saturated rings. The Kier molecular flexibility index (Phi) is 7.69. The molecule has 7 heteroatoms. The summed E-state index contributed by atoms with van der Waals surface area (Å²) in [5.41, 5.74) is 0.181. The summed E-state index contributed by atoms with van der Waals surface area (Å²) >= 11 is 0. The Morgan fingerprint density at radius 2 is 1.86 bits per heavy atom. The number of benzene rings is 1. The van der Waals surface area contributed by atoms with E-state index in [9.17, 15) is 9.59 Å². The Bertz CT molecular complexity index is 692. The standard InChI is InChI=1S/C21H33N3O4/c1-21(2,3)20(26)24-16-12-18(28-5)17(27-4)11-15(16)19(25)23-10-8-14-7-6-9-22-13-14/h11-12,14,22H,6-10,13H2,1-5H3,(H,23,25)(H,24,26). The summed E-state index contributed by atoms with van der Waals surface area (Å²) in [6.07, 6.45) is 3.29. The maximum absolute atomic E-state index is 12.8. The maximum Gasteiger partial charge on any atom is 0.253 e. The van der Waals surface area contributed by atoms with Crippen molar-refractivity contribution in [3.05, 3.63) is 17.7 Å². The second-order valence-corrected chi connectivity index (χ2v) is 8.21. The van der Waals surface area contributed by atoms with Crippen LogP contribution < -0.4 is 25.4 Å². The molecule has 0 bridgehead atoms. The molecule has 3 N–H and O–H groups in total. The summed E-state index contributed by atoms with van der Waals surface area (Å²) in [6, 6.07) is 3.23.